The molecule has 0 spiro atoms. The second-order valence-electron chi connectivity index (χ2n) is 5.00. The molecule has 1 fully saturated rings. The largest absolute Gasteiger partial charge is 0.378 e. The van der Waals surface area contributed by atoms with Gasteiger partial charge in [-0.15, -0.1) is 0 Å². The van der Waals surface area contributed by atoms with Gasteiger partial charge in [0.05, 0.1) is 11.9 Å². The summed E-state index contributed by atoms with van der Waals surface area (Å²) in [7, 11) is -2.82. The molecule has 0 saturated carbocycles. The molecule has 1 N–H and O–H groups in total. The molecule has 0 aromatic carbocycles. The Morgan fingerprint density at radius 1 is 1.39 bits per heavy atom. The number of hydrogen-bond acceptors (Lipinski definition) is 4. The zero-order valence-electron chi connectivity index (χ0n) is 11.7. The van der Waals surface area contributed by atoms with Gasteiger partial charge < -0.3 is 10.1 Å². The third kappa shape index (κ3) is 6.16. The normalized spacial score (nSPS) is 22.2. The topological polar surface area (TPSA) is 55.4 Å². The Labute approximate surface area is 111 Å². The second kappa shape index (κ2) is 8.12. The first kappa shape index (κ1) is 15.9. The van der Waals surface area contributed by atoms with Crippen molar-refractivity contribution < 1.29 is 13.2 Å². The molecule has 1 saturated heterocycles. The molecule has 0 aromatic rings. The number of rotatable bonds is 9. The van der Waals surface area contributed by atoms with Crippen molar-refractivity contribution in [3.8, 4) is 0 Å². The van der Waals surface area contributed by atoms with E-state index in [4.69, 9.17) is 4.74 Å². The van der Waals surface area contributed by atoms with Crippen LogP contribution in [0.2, 0.25) is 0 Å². The quantitative estimate of drug-likeness (QED) is 0.697. The summed E-state index contributed by atoms with van der Waals surface area (Å²) < 4.78 is 28.5. The Morgan fingerprint density at radius 3 is 2.72 bits per heavy atom. The van der Waals surface area contributed by atoms with Crippen LogP contribution in [0.3, 0.4) is 0 Å². The maximum absolute atomic E-state index is 11.4. The minimum atomic E-state index is -2.82. The van der Waals surface area contributed by atoms with E-state index < -0.39 is 9.84 Å². The molecule has 1 aliphatic rings. The van der Waals surface area contributed by atoms with E-state index in [1.165, 1.54) is 0 Å². The van der Waals surface area contributed by atoms with Crippen LogP contribution < -0.4 is 5.32 Å². The van der Waals surface area contributed by atoms with Gasteiger partial charge in [0.2, 0.25) is 0 Å². The molecule has 1 heterocycles. The minimum absolute atomic E-state index is 0.255. The highest BCUT2D eigenvalue weighted by Gasteiger charge is 2.20. The van der Waals surface area contributed by atoms with Crippen LogP contribution in [-0.2, 0) is 14.6 Å². The number of sulfone groups is 1. The number of hydrogen-bond donors (Lipinski definition) is 1. The van der Waals surface area contributed by atoms with Crippen molar-refractivity contribution in [2.24, 2.45) is 0 Å². The van der Waals surface area contributed by atoms with Gasteiger partial charge in [-0.25, -0.2) is 8.42 Å². The molecule has 4 nitrogen and oxygen atoms in total. The highest BCUT2D eigenvalue weighted by Crippen LogP contribution is 2.19. The van der Waals surface area contributed by atoms with Gasteiger partial charge in [0.1, 0.15) is 9.84 Å². The Kier molecular flexibility index (Phi) is 7.19. The van der Waals surface area contributed by atoms with Gasteiger partial charge in [0.25, 0.3) is 0 Å². The zero-order chi connectivity index (χ0) is 13.4. The van der Waals surface area contributed by atoms with Crippen LogP contribution >= 0.6 is 0 Å². The van der Waals surface area contributed by atoms with E-state index in [-0.39, 0.29) is 5.75 Å². The molecule has 18 heavy (non-hydrogen) atoms. The van der Waals surface area contributed by atoms with E-state index in [0.717, 1.165) is 45.3 Å². The van der Waals surface area contributed by atoms with Gasteiger partial charge >= 0.3 is 0 Å². The Morgan fingerprint density at radius 2 is 2.17 bits per heavy atom. The lowest BCUT2D eigenvalue weighted by Crippen LogP contribution is -2.33. The van der Waals surface area contributed by atoms with Crippen molar-refractivity contribution in [2.45, 2.75) is 58.1 Å². The summed E-state index contributed by atoms with van der Waals surface area (Å²) >= 11 is 0. The van der Waals surface area contributed by atoms with Crippen molar-refractivity contribution in [1.29, 1.82) is 0 Å². The fourth-order valence-corrected chi connectivity index (χ4v) is 3.33. The van der Waals surface area contributed by atoms with E-state index in [0.29, 0.717) is 17.9 Å². The summed E-state index contributed by atoms with van der Waals surface area (Å²) in [6, 6.07) is 0.394. The Balaban J connectivity index is 2.28. The van der Waals surface area contributed by atoms with Crippen LogP contribution in [0, 0.1) is 0 Å². The summed E-state index contributed by atoms with van der Waals surface area (Å²) in [6.45, 7) is 5.61. The molecule has 108 valence electrons. The minimum Gasteiger partial charge on any atom is -0.378 e. The lowest BCUT2D eigenvalue weighted by atomic mass is 10.0. The van der Waals surface area contributed by atoms with Gasteiger partial charge in [0, 0.05) is 18.4 Å². The maximum Gasteiger partial charge on any atom is 0.150 e. The first-order valence-electron chi connectivity index (χ1n) is 7.12. The van der Waals surface area contributed by atoms with Crippen molar-refractivity contribution in [2.75, 3.05) is 24.7 Å². The van der Waals surface area contributed by atoms with Gasteiger partial charge in [-0.3, -0.25) is 0 Å². The average molecular weight is 277 g/mol. The lowest BCUT2D eigenvalue weighted by Gasteiger charge is -2.21. The average Bonchev–Trinajstić information content (AvgIpc) is 2.82. The van der Waals surface area contributed by atoms with E-state index in [1.807, 2.05) is 0 Å². The molecule has 0 aliphatic carbocycles. The van der Waals surface area contributed by atoms with Crippen LogP contribution in [0.4, 0.5) is 0 Å². The molecule has 5 heteroatoms. The van der Waals surface area contributed by atoms with E-state index in [1.54, 1.807) is 6.92 Å². The molecule has 0 bridgehead atoms. The predicted octanol–water partition coefficient (Wildman–Crippen LogP) is 1.75. The highest BCUT2D eigenvalue weighted by atomic mass is 32.2. The van der Waals surface area contributed by atoms with E-state index in [2.05, 4.69) is 12.2 Å². The zero-order valence-corrected chi connectivity index (χ0v) is 12.5. The summed E-state index contributed by atoms with van der Waals surface area (Å²) in [6.07, 6.45) is 5.37. The standard InChI is InChI=1S/C13H27NO3S/c1-3-14-12(11-13-8-5-9-17-13)7-6-10-18(15,16)4-2/h12-14H,3-11H2,1-2H3. The molecule has 0 radical (unpaired) electrons. The third-order valence-electron chi connectivity index (χ3n) is 3.51. The molecule has 2 atom stereocenters. The molecule has 1 aliphatic heterocycles. The van der Waals surface area contributed by atoms with Crippen LogP contribution in [-0.4, -0.2) is 45.2 Å². The van der Waals surface area contributed by atoms with Crippen LogP contribution in [0.25, 0.3) is 0 Å². The molecule has 0 aromatic heterocycles. The molecule has 1 rings (SSSR count). The predicted molar refractivity (Wildman–Crippen MR) is 74.6 cm³/mol. The van der Waals surface area contributed by atoms with Crippen LogP contribution in [0.1, 0.15) is 46.0 Å². The smallest absolute Gasteiger partial charge is 0.150 e. The Bertz CT molecular complexity index is 310. The van der Waals surface area contributed by atoms with E-state index >= 15 is 0 Å². The summed E-state index contributed by atoms with van der Waals surface area (Å²) in [5.41, 5.74) is 0. The fourth-order valence-electron chi connectivity index (χ4n) is 2.43. The van der Waals surface area contributed by atoms with Crippen molar-refractivity contribution in [3.05, 3.63) is 0 Å². The summed E-state index contributed by atoms with van der Waals surface area (Å²) in [5.74, 6) is 0.571. The third-order valence-corrected chi connectivity index (χ3v) is 5.30. The van der Waals surface area contributed by atoms with Gasteiger partial charge in [-0.2, -0.15) is 0 Å². The Hall–Kier alpha value is -0.130. The molecule has 0 amide bonds. The fraction of sp³-hybridized carbons (Fsp3) is 1.00. The van der Waals surface area contributed by atoms with Crippen molar-refractivity contribution in [3.63, 3.8) is 0 Å². The van der Waals surface area contributed by atoms with Crippen molar-refractivity contribution >= 4 is 9.84 Å². The van der Waals surface area contributed by atoms with Gasteiger partial charge in [-0.1, -0.05) is 13.8 Å². The number of ether oxygens (including phenoxy) is 1. The van der Waals surface area contributed by atoms with Crippen molar-refractivity contribution in [1.82, 2.24) is 5.32 Å². The SMILES string of the molecule is CCNC(CCCS(=O)(=O)CC)CC1CCCO1. The molecule has 2 unspecified atom stereocenters. The first-order valence-corrected chi connectivity index (χ1v) is 8.95. The van der Waals surface area contributed by atoms with Crippen LogP contribution in [0.5, 0.6) is 0 Å². The monoisotopic (exact) mass is 277 g/mol. The van der Waals surface area contributed by atoms with Crippen LogP contribution in [0.15, 0.2) is 0 Å². The first-order chi connectivity index (χ1) is 8.57. The summed E-state index contributed by atoms with van der Waals surface area (Å²) in [4.78, 5) is 0. The van der Waals surface area contributed by atoms with Gasteiger partial charge in [0.15, 0.2) is 0 Å². The van der Waals surface area contributed by atoms with E-state index in [9.17, 15) is 8.42 Å². The highest BCUT2D eigenvalue weighted by molar-refractivity contribution is 7.91. The number of nitrogens with one attached hydrogen (secondary N) is 1. The second-order valence-corrected chi connectivity index (χ2v) is 7.48. The lowest BCUT2D eigenvalue weighted by molar-refractivity contribution is 0.0937. The summed E-state index contributed by atoms with van der Waals surface area (Å²) in [5, 5.41) is 3.44. The maximum atomic E-state index is 11.4. The molecular formula is C13H27NO3S. The molecular weight excluding hydrogens is 250 g/mol. The van der Waals surface area contributed by atoms with Gasteiger partial charge in [-0.05, 0) is 38.6 Å².